The first-order valence-electron chi connectivity index (χ1n) is 7.41. The van der Waals surface area contributed by atoms with Crippen molar-refractivity contribution in [1.82, 2.24) is 20.2 Å². The van der Waals surface area contributed by atoms with Crippen molar-refractivity contribution in [1.29, 1.82) is 0 Å². The maximum absolute atomic E-state index is 5.91. The van der Waals surface area contributed by atoms with Gasteiger partial charge in [0.15, 0.2) is 5.82 Å². The molecule has 3 rings (SSSR count). The van der Waals surface area contributed by atoms with Gasteiger partial charge in [-0.2, -0.15) is 4.98 Å². The second-order valence-corrected chi connectivity index (χ2v) is 6.19. The number of aromatic nitrogens is 4. The molecule has 0 spiro atoms. The number of H-pyrrole nitrogens is 1. The molecule has 6 heteroatoms. The topological polar surface area (TPSA) is 83.7 Å². The molecule has 2 aromatic heterocycles. The van der Waals surface area contributed by atoms with E-state index in [2.05, 4.69) is 32.0 Å². The summed E-state index contributed by atoms with van der Waals surface area (Å²) in [5.74, 6) is 1.46. The van der Waals surface area contributed by atoms with Crippen LogP contribution in [0.3, 0.4) is 0 Å². The van der Waals surface area contributed by atoms with Gasteiger partial charge in [-0.15, -0.1) is 5.10 Å². The Balaban J connectivity index is 1.82. The molecule has 112 valence electrons. The quantitative estimate of drug-likeness (QED) is 0.898. The van der Waals surface area contributed by atoms with E-state index in [1.54, 1.807) is 0 Å². The highest BCUT2D eigenvalue weighted by Gasteiger charge is 2.31. The molecule has 1 saturated heterocycles. The Labute approximate surface area is 124 Å². The van der Waals surface area contributed by atoms with Gasteiger partial charge >= 0.3 is 0 Å². The van der Waals surface area contributed by atoms with Crippen LogP contribution < -0.4 is 10.6 Å². The predicted octanol–water partition coefficient (Wildman–Crippen LogP) is 1.74. The van der Waals surface area contributed by atoms with Gasteiger partial charge in [0.1, 0.15) is 5.69 Å². The van der Waals surface area contributed by atoms with E-state index >= 15 is 0 Å². The van der Waals surface area contributed by atoms with Crippen molar-refractivity contribution in [3.8, 4) is 11.5 Å². The lowest BCUT2D eigenvalue weighted by Crippen LogP contribution is -2.46. The van der Waals surface area contributed by atoms with Crippen LogP contribution >= 0.6 is 0 Å². The molecule has 21 heavy (non-hydrogen) atoms. The van der Waals surface area contributed by atoms with Gasteiger partial charge in [-0.25, -0.2) is 4.98 Å². The van der Waals surface area contributed by atoms with Crippen LogP contribution in [-0.2, 0) is 0 Å². The van der Waals surface area contributed by atoms with Crippen molar-refractivity contribution in [2.24, 2.45) is 11.1 Å². The normalized spacial score (nSPS) is 22.5. The molecular formula is C15H22N6. The molecule has 0 amide bonds. The van der Waals surface area contributed by atoms with Gasteiger partial charge in [0, 0.05) is 18.8 Å². The van der Waals surface area contributed by atoms with Gasteiger partial charge in [0.05, 0.1) is 0 Å². The van der Waals surface area contributed by atoms with E-state index < -0.39 is 0 Å². The summed E-state index contributed by atoms with van der Waals surface area (Å²) in [6.07, 6.45) is 2.29. The van der Waals surface area contributed by atoms with E-state index in [-0.39, 0.29) is 5.41 Å². The lowest BCUT2D eigenvalue weighted by atomic mass is 9.82. The second-order valence-electron chi connectivity index (χ2n) is 6.19. The van der Waals surface area contributed by atoms with Gasteiger partial charge in [-0.1, -0.05) is 13.0 Å². The SMILES string of the molecule is Cc1cccc(-c2nc(N3CCCC(C)(CN)C3)n[nH]2)n1. The lowest BCUT2D eigenvalue weighted by Gasteiger charge is -2.39. The highest BCUT2D eigenvalue weighted by atomic mass is 15.4. The molecular weight excluding hydrogens is 264 g/mol. The Bertz CT molecular complexity index is 622. The molecule has 1 fully saturated rings. The zero-order chi connectivity index (χ0) is 14.9. The van der Waals surface area contributed by atoms with Crippen molar-refractivity contribution in [2.75, 3.05) is 24.5 Å². The van der Waals surface area contributed by atoms with Gasteiger partial charge in [-0.3, -0.25) is 5.10 Å². The molecule has 0 bridgehead atoms. The summed E-state index contributed by atoms with van der Waals surface area (Å²) in [5.41, 5.74) is 7.86. The third-order valence-corrected chi connectivity index (χ3v) is 4.16. The van der Waals surface area contributed by atoms with Crippen LogP contribution in [0.15, 0.2) is 18.2 Å². The molecule has 0 aliphatic carbocycles. The summed E-state index contributed by atoms with van der Waals surface area (Å²) >= 11 is 0. The van der Waals surface area contributed by atoms with E-state index in [1.165, 1.54) is 0 Å². The Morgan fingerprint density at radius 2 is 2.24 bits per heavy atom. The van der Waals surface area contributed by atoms with Crippen molar-refractivity contribution in [2.45, 2.75) is 26.7 Å². The van der Waals surface area contributed by atoms with Crippen LogP contribution in [-0.4, -0.2) is 39.8 Å². The number of nitrogens with zero attached hydrogens (tertiary/aromatic N) is 4. The summed E-state index contributed by atoms with van der Waals surface area (Å²) in [6, 6.07) is 5.89. The smallest absolute Gasteiger partial charge is 0.245 e. The van der Waals surface area contributed by atoms with E-state index in [9.17, 15) is 0 Å². The summed E-state index contributed by atoms with van der Waals surface area (Å²) < 4.78 is 0. The Hall–Kier alpha value is -1.95. The molecule has 6 nitrogen and oxygen atoms in total. The number of piperidine rings is 1. The van der Waals surface area contributed by atoms with Crippen LogP contribution in [0.4, 0.5) is 5.95 Å². The summed E-state index contributed by atoms with van der Waals surface area (Å²) in [4.78, 5) is 11.3. The van der Waals surface area contributed by atoms with E-state index in [4.69, 9.17) is 5.73 Å². The second kappa shape index (κ2) is 5.44. The summed E-state index contributed by atoms with van der Waals surface area (Å²) in [7, 11) is 0. The number of aryl methyl sites for hydroxylation is 1. The summed E-state index contributed by atoms with van der Waals surface area (Å²) in [6.45, 7) is 6.78. The fourth-order valence-electron chi connectivity index (χ4n) is 2.84. The maximum Gasteiger partial charge on any atom is 0.245 e. The fraction of sp³-hybridized carbons (Fsp3) is 0.533. The van der Waals surface area contributed by atoms with Crippen LogP contribution in [0.5, 0.6) is 0 Å². The van der Waals surface area contributed by atoms with Gasteiger partial charge in [0.25, 0.3) is 0 Å². The molecule has 1 unspecified atom stereocenters. The van der Waals surface area contributed by atoms with Crippen molar-refractivity contribution >= 4 is 5.95 Å². The van der Waals surface area contributed by atoms with Gasteiger partial charge in [0.2, 0.25) is 5.95 Å². The first-order chi connectivity index (χ1) is 10.1. The van der Waals surface area contributed by atoms with Gasteiger partial charge in [-0.05, 0) is 43.9 Å². The number of rotatable bonds is 3. The molecule has 0 aromatic carbocycles. The van der Waals surface area contributed by atoms with Crippen LogP contribution in [0.1, 0.15) is 25.5 Å². The zero-order valence-electron chi connectivity index (χ0n) is 12.6. The largest absolute Gasteiger partial charge is 0.339 e. The minimum atomic E-state index is 0.153. The Morgan fingerprint density at radius 1 is 1.38 bits per heavy atom. The molecule has 1 aliphatic rings. The molecule has 1 aliphatic heterocycles. The van der Waals surface area contributed by atoms with E-state index in [1.807, 2.05) is 25.1 Å². The third kappa shape index (κ3) is 2.90. The number of nitrogens with one attached hydrogen (secondary N) is 1. The molecule has 0 saturated carbocycles. The van der Waals surface area contributed by atoms with Crippen LogP contribution in [0.2, 0.25) is 0 Å². The number of aromatic amines is 1. The minimum absolute atomic E-state index is 0.153. The standard InChI is InChI=1S/C15H22N6/c1-11-5-3-6-12(17-11)13-18-14(20-19-13)21-8-4-7-15(2,9-16)10-21/h3,5-6H,4,7-10,16H2,1-2H3,(H,18,19,20). The lowest BCUT2D eigenvalue weighted by molar-refractivity contribution is 0.270. The predicted molar refractivity (Wildman–Crippen MR) is 83.0 cm³/mol. The number of anilines is 1. The first-order valence-corrected chi connectivity index (χ1v) is 7.41. The molecule has 1 atom stereocenters. The van der Waals surface area contributed by atoms with Crippen LogP contribution in [0.25, 0.3) is 11.5 Å². The maximum atomic E-state index is 5.91. The highest BCUT2D eigenvalue weighted by Crippen LogP contribution is 2.30. The Kier molecular flexibility index (Phi) is 3.63. The highest BCUT2D eigenvalue weighted by molar-refractivity contribution is 5.51. The van der Waals surface area contributed by atoms with Crippen molar-refractivity contribution < 1.29 is 0 Å². The Morgan fingerprint density at radius 3 is 3.00 bits per heavy atom. The number of nitrogens with two attached hydrogens (primary N) is 1. The minimum Gasteiger partial charge on any atom is -0.339 e. The van der Waals surface area contributed by atoms with Crippen molar-refractivity contribution in [3.05, 3.63) is 23.9 Å². The molecule has 3 heterocycles. The monoisotopic (exact) mass is 286 g/mol. The number of pyridine rings is 1. The van der Waals surface area contributed by atoms with E-state index in [0.717, 1.165) is 43.3 Å². The summed E-state index contributed by atoms with van der Waals surface area (Å²) in [5, 5.41) is 7.35. The average molecular weight is 286 g/mol. The number of hydrogen-bond donors (Lipinski definition) is 2. The number of hydrogen-bond acceptors (Lipinski definition) is 5. The van der Waals surface area contributed by atoms with E-state index in [0.29, 0.717) is 12.4 Å². The molecule has 3 N–H and O–H groups in total. The van der Waals surface area contributed by atoms with Crippen molar-refractivity contribution in [3.63, 3.8) is 0 Å². The zero-order valence-corrected chi connectivity index (χ0v) is 12.6. The molecule has 0 radical (unpaired) electrons. The van der Waals surface area contributed by atoms with Gasteiger partial charge < -0.3 is 10.6 Å². The third-order valence-electron chi connectivity index (χ3n) is 4.16. The fourth-order valence-corrected chi connectivity index (χ4v) is 2.84. The van der Waals surface area contributed by atoms with Crippen LogP contribution in [0, 0.1) is 12.3 Å². The molecule has 2 aromatic rings. The average Bonchev–Trinajstić information content (AvgIpc) is 2.97. The first kappa shape index (κ1) is 14.0.